The van der Waals surface area contributed by atoms with E-state index in [1.54, 1.807) is 0 Å². The van der Waals surface area contributed by atoms with Gasteiger partial charge < -0.3 is 20.6 Å². The number of nitrogens with one attached hydrogen (secondary N) is 1. The number of amides is 1. The van der Waals surface area contributed by atoms with Gasteiger partial charge >= 0.3 is 16.4 Å². The van der Waals surface area contributed by atoms with Crippen LogP contribution >= 0.6 is 0 Å². The summed E-state index contributed by atoms with van der Waals surface area (Å²) in [6, 6.07) is 0. The lowest BCUT2D eigenvalue weighted by molar-refractivity contribution is -0.206. The molecule has 37 heavy (non-hydrogen) atoms. The van der Waals surface area contributed by atoms with Gasteiger partial charge in [0, 0.05) is 6.42 Å². The number of carbonyl (C=O) groups is 2. The van der Waals surface area contributed by atoms with E-state index in [2.05, 4.69) is 26.1 Å². The number of aliphatic hydroxyl groups is 2. The highest BCUT2D eigenvalue weighted by Crippen LogP contribution is 2.68. The Morgan fingerprint density at radius 2 is 1.78 bits per heavy atom. The third-order valence-electron chi connectivity index (χ3n) is 11.0. The van der Waals surface area contributed by atoms with Crippen molar-refractivity contribution in [2.45, 2.75) is 96.9 Å². The van der Waals surface area contributed by atoms with Crippen LogP contribution in [0, 0.1) is 46.3 Å². The Balaban J connectivity index is 1.48. The number of fused-ring (bicyclic) bond motifs is 5. The molecule has 0 bridgehead atoms. The van der Waals surface area contributed by atoms with Crippen molar-refractivity contribution in [3.8, 4) is 0 Å². The van der Waals surface area contributed by atoms with Crippen LogP contribution in [0.4, 0.5) is 0 Å². The Bertz CT molecular complexity index is 989. The first-order valence-electron chi connectivity index (χ1n) is 13.7. The lowest BCUT2D eigenvalue weighted by Crippen LogP contribution is -2.62. The third-order valence-corrected chi connectivity index (χ3v) is 11.5. The minimum absolute atomic E-state index is 0.0428. The first-order valence-corrected chi connectivity index (χ1v) is 15.0. The highest BCUT2D eigenvalue weighted by Gasteiger charge is 2.65. The standard InChI is InChI=1S/C26H43NO9S/c1-14(4-7-22(30)27-13-23(31)32)17-5-6-18-24-19(12-21(29)26(17,18)3)25(2)9-8-16(36-37(33,34)35)10-15(25)11-20(24)28/h14-21,24,28-29H,4-13H2,1-3H3,(H,27,30)(H,31,32)(H,33,34,35)/t14-,15+,16-,17-,18+,19+,20+,21+,24+,25+,26-/m1/s1. The zero-order valence-corrected chi connectivity index (χ0v) is 22.8. The lowest BCUT2D eigenvalue weighted by atomic mass is 9.43. The van der Waals surface area contributed by atoms with Crippen molar-refractivity contribution in [2.24, 2.45) is 46.3 Å². The number of carbonyl (C=O) groups excluding carboxylic acids is 1. The van der Waals surface area contributed by atoms with E-state index in [0.717, 1.165) is 12.8 Å². The van der Waals surface area contributed by atoms with Crippen LogP contribution in [0.25, 0.3) is 0 Å². The van der Waals surface area contributed by atoms with Crippen LogP contribution < -0.4 is 5.32 Å². The van der Waals surface area contributed by atoms with E-state index in [-0.39, 0.29) is 58.7 Å². The number of rotatable bonds is 8. The fourth-order valence-electron chi connectivity index (χ4n) is 9.20. The van der Waals surface area contributed by atoms with Gasteiger partial charge in [0.1, 0.15) is 6.54 Å². The molecule has 4 aliphatic rings. The molecule has 0 aromatic rings. The number of hydrogen-bond donors (Lipinski definition) is 5. The average Bonchev–Trinajstić information content (AvgIpc) is 3.15. The second kappa shape index (κ2) is 10.4. The molecule has 10 nitrogen and oxygen atoms in total. The van der Waals surface area contributed by atoms with Crippen LogP contribution in [-0.2, 0) is 24.2 Å². The maximum Gasteiger partial charge on any atom is 0.397 e. The van der Waals surface area contributed by atoms with Gasteiger partial charge in [-0.2, -0.15) is 8.42 Å². The Morgan fingerprint density at radius 3 is 2.43 bits per heavy atom. The van der Waals surface area contributed by atoms with Gasteiger partial charge in [0.25, 0.3) is 0 Å². The summed E-state index contributed by atoms with van der Waals surface area (Å²) >= 11 is 0. The van der Waals surface area contributed by atoms with E-state index in [1.807, 2.05) is 0 Å². The van der Waals surface area contributed by atoms with Gasteiger partial charge in [0.15, 0.2) is 0 Å². The summed E-state index contributed by atoms with van der Waals surface area (Å²) in [4.78, 5) is 22.8. The lowest BCUT2D eigenvalue weighted by Gasteiger charge is -2.63. The topological polar surface area (TPSA) is 170 Å². The van der Waals surface area contributed by atoms with Crippen molar-refractivity contribution in [3.05, 3.63) is 0 Å². The van der Waals surface area contributed by atoms with Gasteiger partial charge in [-0.1, -0.05) is 20.8 Å². The maximum absolute atomic E-state index is 12.1. The number of aliphatic hydroxyl groups excluding tert-OH is 2. The monoisotopic (exact) mass is 545 g/mol. The van der Waals surface area contributed by atoms with E-state index in [9.17, 15) is 28.2 Å². The maximum atomic E-state index is 12.1. The van der Waals surface area contributed by atoms with E-state index in [4.69, 9.17) is 13.8 Å². The molecule has 4 saturated carbocycles. The normalized spacial score (nSPS) is 44.3. The first kappa shape index (κ1) is 28.7. The van der Waals surface area contributed by atoms with E-state index in [0.29, 0.717) is 38.5 Å². The third kappa shape index (κ3) is 5.44. The minimum atomic E-state index is -4.53. The molecule has 0 aromatic heterocycles. The molecule has 1 amide bonds. The van der Waals surface area contributed by atoms with Crippen LogP contribution in [0.3, 0.4) is 0 Å². The highest BCUT2D eigenvalue weighted by atomic mass is 32.3. The fourth-order valence-corrected chi connectivity index (χ4v) is 9.72. The quantitative estimate of drug-likeness (QED) is 0.287. The Kier molecular flexibility index (Phi) is 8.05. The molecule has 0 unspecified atom stereocenters. The molecule has 212 valence electrons. The SMILES string of the molecule is C[C@H](CCC(=O)NCC(=O)O)[C@H]1CC[C@H]2[C@@H]3[C@@H](O)C[C@@H]4C[C@H](OS(=O)(=O)O)CC[C@]4(C)[C@H]3C[C@H](O)[C@]12C. The number of aliphatic carboxylic acids is 1. The number of carboxylic acids is 1. The summed E-state index contributed by atoms with van der Waals surface area (Å²) in [6.45, 7) is 6.07. The Hall–Kier alpha value is -1.27. The van der Waals surface area contributed by atoms with Crippen LogP contribution in [0.2, 0.25) is 0 Å². The van der Waals surface area contributed by atoms with Crippen LogP contribution in [0.15, 0.2) is 0 Å². The Morgan fingerprint density at radius 1 is 1.08 bits per heavy atom. The Labute approximate surface area is 219 Å². The van der Waals surface area contributed by atoms with Gasteiger partial charge in [-0.3, -0.25) is 14.1 Å². The van der Waals surface area contributed by atoms with Crippen molar-refractivity contribution >= 4 is 22.3 Å². The molecule has 0 aliphatic heterocycles. The zero-order valence-electron chi connectivity index (χ0n) is 22.0. The minimum Gasteiger partial charge on any atom is -0.480 e. The van der Waals surface area contributed by atoms with Gasteiger partial charge in [-0.25, -0.2) is 4.18 Å². The number of hydrogen-bond acceptors (Lipinski definition) is 7. The second-order valence-corrected chi connectivity index (χ2v) is 13.8. The average molecular weight is 546 g/mol. The summed E-state index contributed by atoms with van der Waals surface area (Å²) in [5, 5.41) is 34.3. The molecule has 0 radical (unpaired) electrons. The molecule has 0 saturated heterocycles. The molecular weight excluding hydrogens is 502 g/mol. The van der Waals surface area contributed by atoms with Crippen LogP contribution in [0.1, 0.15) is 78.6 Å². The molecule has 11 atom stereocenters. The van der Waals surface area contributed by atoms with Gasteiger partial charge in [-0.15, -0.1) is 0 Å². The second-order valence-electron chi connectivity index (χ2n) is 12.7. The summed E-state index contributed by atoms with van der Waals surface area (Å²) in [5.74, 6) is -0.662. The van der Waals surface area contributed by atoms with Crippen LogP contribution in [-0.4, -0.2) is 65.0 Å². The molecule has 11 heteroatoms. The summed E-state index contributed by atoms with van der Waals surface area (Å²) < 4.78 is 36.6. The molecule has 0 heterocycles. The van der Waals surface area contributed by atoms with Crippen molar-refractivity contribution < 1.29 is 42.1 Å². The first-order chi connectivity index (χ1) is 17.2. The van der Waals surface area contributed by atoms with Gasteiger partial charge in [0.2, 0.25) is 5.91 Å². The van der Waals surface area contributed by atoms with E-state index in [1.165, 1.54) is 0 Å². The molecule has 5 N–H and O–H groups in total. The predicted octanol–water partition coefficient (Wildman–Crippen LogP) is 2.39. The smallest absolute Gasteiger partial charge is 0.397 e. The molecule has 4 aliphatic carbocycles. The van der Waals surface area contributed by atoms with E-state index < -0.39 is 41.2 Å². The van der Waals surface area contributed by atoms with Crippen molar-refractivity contribution in [1.29, 1.82) is 0 Å². The highest BCUT2D eigenvalue weighted by molar-refractivity contribution is 7.80. The summed E-state index contributed by atoms with van der Waals surface area (Å²) in [6.07, 6.45) is 3.77. The summed E-state index contributed by atoms with van der Waals surface area (Å²) in [5.41, 5.74) is -0.537. The molecule has 0 spiro atoms. The molecule has 0 aromatic carbocycles. The fraction of sp³-hybridized carbons (Fsp3) is 0.923. The molecule has 4 fully saturated rings. The summed E-state index contributed by atoms with van der Waals surface area (Å²) in [7, 11) is -4.53. The molecule has 4 rings (SSSR count). The van der Waals surface area contributed by atoms with Gasteiger partial charge in [0.05, 0.1) is 18.3 Å². The zero-order chi connectivity index (χ0) is 27.3. The van der Waals surface area contributed by atoms with Crippen molar-refractivity contribution in [1.82, 2.24) is 5.32 Å². The van der Waals surface area contributed by atoms with Crippen molar-refractivity contribution in [2.75, 3.05) is 6.54 Å². The van der Waals surface area contributed by atoms with Crippen molar-refractivity contribution in [3.63, 3.8) is 0 Å². The van der Waals surface area contributed by atoms with E-state index >= 15 is 0 Å². The predicted molar refractivity (Wildman–Crippen MR) is 133 cm³/mol. The number of carboxylic acid groups (broad SMARTS) is 1. The van der Waals surface area contributed by atoms with Crippen LogP contribution in [0.5, 0.6) is 0 Å². The molecular formula is C26H43NO9S. The largest absolute Gasteiger partial charge is 0.480 e. The van der Waals surface area contributed by atoms with Gasteiger partial charge in [-0.05, 0) is 97.7 Å².